The Kier molecular flexibility index (Phi) is 4.98. The number of nitrogens with one attached hydrogen (secondary N) is 1. The van der Waals surface area contributed by atoms with Crippen LogP contribution in [0.25, 0.3) is 11.5 Å². The molecule has 0 saturated carbocycles. The topological polar surface area (TPSA) is 58.4 Å². The molecule has 1 aliphatic rings. The van der Waals surface area contributed by atoms with Gasteiger partial charge in [0.25, 0.3) is 0 Å². The van der Waals surface area contributed by atoms with E-state index in [1.807, 2.05) is 24.1 Å². The lowest BCUT2D eigenvalue weighted by Gasteiger charge is -2.31. The van der Waals surface area contributed by atoms with Crippen molar-refractivity contribution in [2.45, 2.75) is 25.3 Å². The maximum absolute atomic E-state index is 12.4. The van der Waals surface area contributed by atoms with Gasteiger partial charge in [0.2, 0.25) is 11.8 Å². The van der Waals surface area contributed by atoms with Gasteiger partial charge in [-0.15, -0.1) is 0 Å². The number of hydrogen-bond acceptors (Lipinski definition) is 4. The van der Waals surface area contributed by atoms with Crippen molar-refractivity contribution < 1.29 is 9.21 Å². The summed E-state index contributed by atoms with van der Waals surface area (Å²) in [6.45, 7) is 1.60. The average molecular weight is 334 g/mol. The van der Waals surface area contributed by atoms with Gasteiger partial charge in [0.1, 0.15) is 6.26 Å². The van der Waals surface area contributed by atoms with Crippen LogP contribution < -0.4 is 5.32 Å². The number of aromatic nitrogens is 1. The minimum atomic E-state index is 0.107. The van der Waals surface area contributed by atoms with Crippen molar-refractivity contribution in [3.8, 4) is 11.5 Å². The van der Waals surface area contributed by atoms with Crippen LogP contribution in [0.4, 0.5) is 0 Å². The number of halogens is 1. The molecule has 6 heteroatoms. The van der Waals surface area contributed by atoms with Gasteiger partial charge in [0.05, 0.1) is 12.1 Å². The Balaban J connectivity index is 1.60. The number of hydrogen-bond donors (Lipinski definition) is 1. The van der Waals surface area contributed by atoms with Gasteiger partial charge in [-0.2, -0.15) is 0 Å². The van der Waals surface area contributed by atoms with Gasteiger partial charge in [-0.3, -0.25) is 4.79 Å². The third-order valence-corrected chi connectivity index (χ3v) is 4.48. The minimum Gasteiger partial charge on any atom is -0.444 e. The summed E-state index contributed by atoms with van der Waals surface area (Å²) in [5.74, 6) is 0.619. The fraction of sp³-hybridized carbons (Fsp3) is 0.412. The van der Waals surface area contributed by atoms with E-state index in [0.717, 1.165) is 31.5 Å². The predicted molar refractivity (Wildman–Crippen MR) is 89.3 cm³/mol. The Morgan fingerprint density at radius 3 is 2.70 bits per heavy atom. The van der Waals surface area contributed by atoms with Gasteiger partial charge < -0.3 is 14.6 Å². The molecule has 1 aromatic heterocycles. The largest absolute Gasteiger partial charge is 0.444 e. The van der Waals surface area contributed by atoms with Gasteiger partial charge in [-0.05, 0) is 44.2 Å². The maximum Gasteiger partial charge on any atom is 0.228 e. The number of rotatable bonds is 4. The van der Waals surface area contributed by atoms with Crippen molar-refractivity contribution in [1.29, 1.82) is 0 Å². The number of amides is 1. The van der Waals surface area contributed by atoms with Crippen molar-refractivity contribution in [1.82, 2.24) is 15.2 Å². The summed E-state index contributed by atoms with van der Waals surface area (Å²) in [6.07, 6.45) is 3.83. The van der Waals surface area contributed by atoms with Crippen LogP contribution in [-0.2, 0) is 11.2 Å². The van der Waals surface area contributed by atoms with Crippen molar-refractivity contribution in [2.75, 3.05) is 20.1 Å². The number of likely N-dealkylation sites (tertiary alicyclic amines) is 1. The summed E-state index contributed by atoms with van der Waals surface area (Å²) in [6, 6.07) is 7.79. The Hall–Kier alpha value is -1.85. The van der Waals surface area contributed by atoms with Gasteiger partial charge in [0.15, 0.2) is 0 Å². The van der Waals surface area contributed by atoms with E-state index < -0.39 is 0 Å². The second kappa shape index (κ2) is 7.15. The molecule has 5 nitrogen and oxygen atoms in total. The lowest BCUT2D eigenvalue weighted by atomic mass is 10.0. The lowest BCUT2D eigenvalue weighted by molar-refractivity contribution is -0.131. The molecule has 2 aromatic rings. The summed E-state index contributed by atoms with van der Waals surface area (Å²) >= 11 is 5.87. The van der Waals surface area contributed by atoms with Gasteiger partial charge >= 0.3 is 0 Å². The van der Waals surface area contributed by atoms with Gasteiger partial charge in [-0.25, -0.2) is 4.98 Å². The molecule has 0 atom stereocenters. The molecule has 1 aliphatic heterocycles. The van der Waals surface area contributed by atoms with E-state index in [-0.39, 0.29) is 12.3 Å². The van der Waals surface area contributed by atoms with Gasteiger partial charge in [0, 0.05) is 29.7 Å². The van der Waals surface area contributed by atoms with E-state index in [1.165, 1.54) is 0 Å². The molecule has 0 spiro atoms. The number of oxazole rings is 1. The Labute approximate surface area is 140 Å². The Bertz CT molecular complexity index is 661. The van der Waals surface area contributed by atoms with Crippen LogP contribution in [-0.4, -0.2) is 42.0 Å². The van der Waals surface area contributed by atoms with E-state index in [1.54, 1.807) is 18.4 Å². The molecular weight excluding hydrogens is 314 g/mol. The molecular formula is C17H20ClN3O2. The number of piperidine rings is 1. The van der Waals surface area contributed by atoms with E-state index in [0.29, 0.717) is 22.6 Å². The van der Waals surface area contributed by atoms with E-state index >= 15 is 0 Å². The number of carbonyl (C=O) groups excluding carboxylic acids is 1. The molecule has 0 radical (unpaired) electrons. The summed E-state index contributed by atoms with van der Waals surface area (Å²) < 4.78 is 5.48. The normalized spacial score (nSPS) is 15.8. The number of carbonyl (C=O) groups is 1. The highest BCUT2D eigenvalue weighted by Crippen LogP contribution is 2.21. The van der Waals surface area contributed by atoms with E-state index in [2.05, 4.69) is 10.3 Å². The van der Waals surface area contributed by atoms with Crippen LogP contribution in [0.1, 0.15) is 18.5 Å². The zero-order chi connectivity index (χ0) is 16.2. The van der Waals surface area contributed by atoms with Crippen molar-refractivity contribution in [3.63, 3.8) is 0 Å². The summed E-state index contributed by atoms with van der Waals surface area (Å²) in [4.78, 5) is 18.7. The molecule has 3 rings (SSSR count). The molecule has 1 fully saturated rings. The SMILES string of the molecule is CNC1CCN(C(=O)Cc2coc(-c3ccc(Cl)cc3)n2)CC1. The average Bonchev–Trinajstić information content (AvgIpc) is 3.04. The third-order valence-electron chi connectivity index (χ3n) is 4.23. The van der Waals surface area contributed by atoms with Crippen molar-refractivity contribution >= 4 is 17.5 Å². The molecule has 1 saturated heterocycles. The van der Waals surface area contributed by atoms with Crippen molar-refractivity contribution in [3.05, 3.63) is 41.2 Å². The zero-order valence-electron chi connectivity index (χ0n) is 13.1. The molecule has 0 bridgehead atoms. The number of benzene rings is 1. The smallest absolute Gasteiger partial charge is 0.228 e. The molecule has 0 unspecified atom stereocenters. The molecule has 23 heavy (non-hydrogen) atoms. The molecule has 0 aliphatic carbocycles. The van der Waals surface area contributed by atoms with E-state index in [4.69, 9.17) is 16.0 Å². The molecule has 1 N–H and O–H groups in total. The van der Waals surface area contributed by atoms with Crippen LogP contribution in [0.15, 0.2) is 34.9 Å². The second-order valence-corrected chi connectivity index (χ2v) is 6.21. The molecule has 1 aromatic carbocycles. The highest BCUT2D eigenvalue weighted by Gasteiger charge is 2.22. The quantitative estimate of drug-likeness (QED) is 0.934. The molecule has 122 valence electrons. The van der Waals surface area contributed by atoms with Crippen LogP contribution >= 0.6 is 11.6 Å². The van der Waals surface area contributed by atoms with Crippen LogP contribution in [0.3, 0.4) is 0 Å². The molecule has 2 heterocycles. The van der Waals surface area contributed by atoms with E-state index in [9.17, 15) is 4.79 Å². The predicted octanol–water partition coefficient (Wildman–Crippen LogP) is 2.75. The first kappa shape index (κ1) is 16.0. The summed E-state index contributed by atoms with van der Waals surface area (Å²) in [5.41, 5.74) is 1.51. The van der Waals surface area contributed by atoms with Crippen LogP contribution in [0, 0.1) is 0 Å². The third kappa shape index (κ3) is 3.92. The van der Waals surface area contributed by atoms with Crippen molar-refractivity contribution in [2.24, 2.45) is 0 Å². The first-order chi connectivity index (χ1) is 11.2. The minimum absolute atomic E-state index is 0.107. The fourth-order valence-electron chi connectivity index (χ4n) is 2.80. The Morgan fingerprint density at radius 2 is 2.04 bits per heavy atom. The molecule has 1 amide bonds. The Morgan fingerprint density at radius 1 is 1.35 bits per heavy atom. The van der Waals surface area contributed by atoms with Gasteiger partial charge in [-0.1, -0.05) is 11.6 Å². The first-order valence-corrected chi connectivity index (χ1v) is 8.19. The highest BCUT2D eigenvalue weighted by molar-refractivity contribution is 6.30. The summed E-state index contributed by atoms with van der Waals surface area (Å²) in [5, 5.41) is 3.93. The first-order valence-electron chi connectivity index (χ1n) is 7.81. The number of nitrogens with zero attached hydrogens (tertiary/aromatic N) is 2. The zero-order valence-corrected chi connectivity index (χ0v) is 13.8. The monoisotopic (exact) mass is 333 g/mol. The van der Waals surface area contributed by atoms with Crippen LogP contribution in [0.2, 0.25) is 5.02 Å². The summed E-state index contributed by atoms with van der Waals surface area (Å²) in [7, 11) is 1.97. The standard InChI is InChI=1S/C17H20ClN3O2/c1-19-14-6-8-21(9-7-14)16(22)10-15-11-23-17(20-15)12-2-4-13(18)5-3-12/h2-5,11,14,19H,6-10H2,1H3. The fourth-order valence-corrected chi connectivity index (χ4v) is 2.92. The van der Waals surface area contributed by atoms with Crippen LogP contribution in [0.5, 0.6) is 0 Å². The lowest BCUT2D eigenvalue weighted by Crippen LogP contribution is -2.44. The highest BCUT2D eigenvalue weighted by atomic mass is 35.5. The maximum atomic E-state index is 12.4. The second-order valence-electron chi connectivity index (χ2n) is 5.77.